The molecule has 2 aromatic carbocycles. The Hall–Kier alpha value is -3.88. The smallest absolute Gasteiger partial charge is 0.306 e. The van der Waals surface area contributed by atoms with Crippen LogP contribution in [0.2, 0.25) is 0 Å². The molecule has 0 aromatic heterocycles. The fourth-order valence-electron chi connectivity index (χ4n) is 9.86. The summed E-state index contributed by atoms with van der Waals surface area (Å²) in [5.41, 5.74) is 2.20. The van der Waals surface area contributed by atoms with Crippen molar-refractivity contribution in [3.63, 3.8) is 0 Å². The van der Waals surface area contributed by atoms with Gasteiger partial charge in [-0.25, -0.2) is 0 Å². The number of carbonyl (C=O) groups is 4. The molecule has 0 saturated heterocycles. The van der Waals surface area contributed by atoms with Crippen molar-refractivity contribution in [1.82, 2.24) is 0 Å². The number of ether oxygens (including phenoxy) is 5. The second-order valence-corrected chi connectivity index (χ2v) is 24.4. The molecule has 0 aliphatic heterocycles. The predicted octanol–water partition coefficient (Wildman–Crippen LogP) is 20.5. The standard InChI is InChI=1S/C33H50O4.C19H38O4.C16H32O2.C5H12O.C4H8O2/c1-2-3-4-5-6-7-8-9-10-11-12-13-20-25-33(34)37-32(28-35-26-30-21-16-14-17-22-30)29-36-27-31-23-18-15-19-24-31;1-2-3-4-5-6-7-8-9-10-11-12-13-14-15-19(22)23-18(16-20)17-21;1-2-3-4-5-6-7-8-9-10-11-12-13-14-15-16(17)18;1-3-5(6)4-2;1-3-6-4(2)5/h14-19,21-24,32H,2-13,20,25-29H2,1H3;18,20-21H,2-17H2,1H3;2-15H2,1H3,(H,17,18);5-6H,3-4H2,1-2H3;3H2,1-2H3. The van der Waals surface area contributed by atoms with Gasteiger partial charge in [-0.3, -0.25) is 19.2 Å². The maximum atomic E-state index is 12.5. The summed E-state index contributed by atoms with van der Waals surface area (Å²) in [5.74, 6) is -1.34. The van der Waals surface area contributed by atoms with Crippen molar-refractivity contribution in [2.45, 2.75) is 363 Å². The fourth-order valence-corrected chi connectivity index (χ4v) is 9.86. The number of esters is 3. The Morgan fingerprint density at radius 2 is 0.644 bits per heavy atom. The van der Waals surface area contributed by atoms with E-state index in [-0.39, 0.29) is 37.2 Å². The van der Waals surface area contributed by atoms with Gasteiger partial charge in [0.1, 0.15) is 12.2 Å². The van der Waals surface area contributed by atoms with E-state index in [0.717, 1.165) is 62.5 Å². The Bertz CT molecular complexity index is 1690. The van der Waals surface area contributed by atoms with E-state index in [9.17, 15) is 19.2 Å². The Balaban J connectivity index is -0.00000122. The molecule has 2 aromatic rings. The van der Waals surface area contributed by atoms with Crippen molar-refractivity contribution in [2.24, 2.45) is 0 Å². The number of unbranched alkanes of at least 4 members (excludes halogenated alkanes) is 36. The highest BCUT2D eigenvalue weighted by Gasteiger charge is 2.16. The lowest BCUT2D eigenvalue weighted by Gasteiger charge is -2.18. The molecule has 526 valence electrons. The molecule has 0 aliphatic rings. The number of rotatable bonds is 57. The fraction of sp³-hybridized carbons (Fsp3) is 0.792. The van der Waals surface area contributed by atoms with Crippen LogP contribution in [0.15, 0.2) is 60.7 Å². The first kappa shape index (κ1) is 90.3. The molecule has 0 bridgehead atoms. The second-order valence-electron chi connectivity index (χ2n) is 24.4. The number of hydrogen-bond donors (Lipinski definition) is 4. The van der Waals surface area contributed by atoms with Crippen molar-refractivity contribution >= 4 is 23.9 Å². The van der Waals surface area contributed by atoms with Crippen LogP contribution in [0.1, 0.15) is 342 Å². The number of aliphatic hydroxyl groups is 3. The van der Waals surface area contributed by atoms with E-state index < -0.39 is 18.2 Å². The van der Waals surface area contributed by atoms with Crippen LogP contribution in [0, 0.1) is 0 Å². The van der Waals surface area contributed by atoms with Crippen LogP contribution in [0.3, 0.4) is 0 Å². The topological polar surface area (TPSA) is 195 Å². The molecule has 0 amide bonds. The summed E-state index contributed by atoms with van der Waals surface area (Å²) in [6.45, 7) is 15.4. The maximum absolute atomic E-state index is 12.5. The lowest BCUT2D eigenvalue weighted by Crippen LogP contribution is -2.28. The van der Waals surface area contributed by atoms with Gasteiger partial charge in [0.2, 0.25) is 0 Å². The van der Waals surface area contributed by atoms with E-state index >= 15 is 0 Å². The molecule has 90 heavy (non-hydrogen) atoms. The third kappa shape index (κ3) is 74.8. The molecule has 13 heteroatoms. The minimum absolute atomic E-state index is 0.0648. The zero-order valence-electron chi connectivity index (χ0n) is 59.0. The van der Waals surface area contributed by atoms with Crippen LogP contribution >= 0.6 is 0 Å². The normalized spacial score (nSPS) is 10.8. The van der Waals surface area contributed by atoms with Crippen molar-refractivity contribution in [1.29, 1.82) is 0 Å². The van der Waals surface area contributed by atoms with Gasteiger partial charge in [-0.2, -0.15) is 0 Å². The molecule has 0 saturated carbocycles. The highest BCUT2D eigenvalue weighted by molar-refractivity contribution is 5.70. The lowest BCUT2D eigenvalue weighted by molar-refractivity contribution is -0.157. The molecule has 0 spiro atoms. The Morgan fingerprint density at radius 3 is 0.867 bits per heavy atom. The summed E-state index contributed by atoms with van der Waals surface area (Å²) < 4.78 is 26.8. The molecular formula is C77H140O13. The number of hydrogen-bond acceptors (Lipinski definition) is 12. The molecule has 2 rings (SSSR count). The largest absolute Gasteiger partial charge is 0.481 e. The third-order valence-electron chi connectivity index (χ3n) is 15.6. The summed E-state index contributed by atoms with van der Waals surface area (Å²) in [6.07, 6.45) is 52.1. The minimum Gasteiger partial charge on any atom is -0.481 e. The zero-order valence-corrected chi connectivity index (χ0v) is 59.0. The lowest BCUT2D eigenvalue weighted by atomic mass is 10.0. The van der Waals surface area contributed by atoms with Crippen molar-refractivity contribution in [3.8, 4) is 0 Å². The number of aliphatic carboxylic acids is 1. The quantitative estimate of drug-likeness (QED) is 0.0278. The molecule has 0 aliphatic carbocycles. The van der Waals surface area contributed by atoms with Gasteiger partial charge in [-0.1, -0.05) is 326 Å². The van der Waals surface area contributed by atoms with Gasteiger partial charge < -0.3 is 44.1 Å². The van der Waals surface area contributed by atoms with E-state index in [0.29, 0.717) is 52.3 Å². The summed E-state index contributed by atoms with van der Waals surface area (Å²) in [6, 6.07) is 20.1. The molecule has 0 heterocycles. The Labute approximate surface area is 552 Å². The van der Waals surface area contributed by atoms with Gasteiger partial charge in [0.05, 0.1) is 52.4 Å². The van der Waals surface area contributed by atoms with Crippen LogP contribution in [-0.2, 0) is 56.1 Å². The first-order valence-corrected chi connectivity index (χ1v) is 36.7. The number of aliphatic hydroxyl groups excluding tert-OH is 3. The first-order chi connectivity index (χ1) is 43.9. The molecule has 0 fully saturated rings. The third-order valence-corrected chi connectivity index (χ3v) is 15.6. The summed E-state index contributed by atoms with van der Waals surface area (Å²) in [7, 11) is 0. The van der Waals surface area contributed by atoms with E-state index in [1.807, 2.05) is 74.5 Å². The summed E-state index contributed by atoms with van der Waals surface area (Å²) in [5, 5.41) is 34.8. The van der Waals surface area contributed by atoms with E-state index in [2.05, 4.69) is 25.5 Å². The van der Waals surface area contributed by atoms with Gasteiger partial charge in [-0.15, -0.1) is 0 Å². The van der Waals surface area contributed by atoms with Gasteiger partial charge in [0.15, 0.2) is 0 Å². The average Bonchev–Trinajstić information content (AvgIpc) is 3.65. The molecular weight excluding hydrogens is 1130 g/mol. The van der Waals surface area contributed by atoms with E-state index in [1.54, 1.807) is 6.92 Å². The molecule has 4 N–H and O–H groups in total. The van der Waals surface area contributed by atoms with E-state index in [1.165, 1.54) is 219 Å². The van der Waals surface area contributed by atoms with Crippen molar-refractivity contribution in [2.75, 3.05) is 33.0 Å². The van der Waals surface area contributed by atoms with Gasteiger partial charge in [0, 0.05) is 26.2 Å². The molecule has 0 radical (unpaired) electrons. The Kier molecular flexibility index (Phi) is 76.1. The second kappa shape index (κ2) is 75.8. The zero-order chi connectivity index (χ0) is 66.9. The SMILES string of the molecule is CCC(O)CC.CCCCCCCCCCCCCCCC(=O)O.CCCCCCCCCCCCCCCC(=O)OC(CO)CO.CCCCCCCCCCCCCCCC(=O)OC(COCc1ccccc1)COCc1ccccc1.CCOC(C)=O. The average molecular weight is 1270 g/mol. The summed E-state index contributed by atoms with van der Waals surface area (Å²) in [4.78, 5) is 44.0. The van der Waals surface area contributed by atoms with Crippen LogP contribution < -0.4 is 0 Å². The van der Waals surface area contributed by atoms with Gasteiger partial charge >= 0.3 is 23.9 Å². The van der Waals surface area contributed by atoms with E-state index in [4.69, 9.17) is 39.4 Å². The highest BCUT2D eigenvalue weighted by Crippen LogP contribution is 2.17. The predicted molar refractivity (Wildman–Crippen MR) is 374 cm³/mol. The minimum atomic E-state index is -0.760. The maximum Gasteiger partial charge on any atom is 0.306 e. The number of benzene rings is 2. The number of carbonyl (C=O) groups excluding carboxylic acids is 3. The highest BCUT2D eigenvalue weighted by atomic mass is 16.6. The molecule has 13 nitrogen and oxygen atoms in total. The van der Waals surface area contributed by atoms with Crippen LogP contribution in [-0.4, -0.2) is 95.6 Å². The number of carboxylic acids is 1. The van der Waals surface area contributed by atoms with Crippen LogP contribution in [0.4, 0.5) is 0 Å². The van der Waals surface area contributed by atoms with Crippen molar-refractivity contribution < 1.29 is 63.3 Å². The molecule has 0 atom stereocenters. The first-order valence-electron chi connectivity index (χ1n) is 36.7. The Morgan fingerprint density at radius 1 is 0.378 bits per heavy atom. The molecule has 0 unspecified atom stereocenters. The van der Waals surface area contributed by atoms with Crippen LogP contribution in [0.5, 0.6) is 0 Å². The summed E-state index contributed by atoms with van der Waals surface area (Å²) >= 11 is 0. The van der Waals surface area contributed by atoms with Crippen molar-refractivity contribution in [3.05, 3.63) is 71.8 Å². The van der Waals surface area contributed by atoms with Gasteiger partial charge in [0.25, 0.3) is 0 Å². The number of carboxylic acid groups (broad SMARTS) is 1. The van der Waals surface area contributed by atoms with Crippen LogP contribution in [0.25, 0.3) is 0 Å². The monoisotopic (exact) mass is 1270 g/mol. The van der Waals surface area contributed by atoms with Gasteiger partial charge in [-0.05, 0) is 50.2 Å².